The molecule has 0 radical (unpaired) electrons. The zero-order valence-corrected chi connectivity index (χ0v) is 26.6. The van der Waals surface area contributed by atoms with Crippen LogP contribution in [0.3, 0.4) is 0 Å². The largest absolute Gasteiger partial charge is 0.450 e. The minimum absolute atomic E-state index is 0.0397. The molecule has 11 nitrogen and oxygen atoms in total. The average molecular weight is 661 g/mol. The first kappa shape index (κ1) is 30.6. The van der Waals surface area contributed by atoms with Crippen LogP contribution in [0.5, 0.6) is 0 Å². The predicted molar refractivity (Wildman–Crippen MR) is 165 cm³/mol. The summed E-state index contributed by atoms with van der Waals surface area (Å²) in [5.74, 6) is -1.26. The monoisotopic (exact) mass is 659 g/mol. The molecule has 5 aliphatic rings. The Balaban J connectivity index is 1.29. The van der Waals surface area contributed by atoms with Crippen LogP contribution in [-0.2, 0) is 24.6 Å². The normalized spacial score (nSPS) is 31.5. The number of nitrogens with one attached hydrogen (secondary N) is 4. The second-order valence-electron chi connectivity index (χ2n) is 13.6. The number of carbonyl (C=O) groups excluding carboxylic acids is 2. The molecule has 240 valence electrons. The highest BCUT2D eigenvalue weighted by molar-refractivity contribution is 6.30. The Morgan fingerprint density at radius 1 is 1.09 bits per heavy atom. The Morgan fingerprint density at radius 2 is 1.84 bits per heavy atom. The highest BCUT2D eigenvalue weighted by Crippen LogP contribution is 2.63. The summed E-state index contributed by atoms with van der Waals surface area (Å²) in [7, 11) is 0. The van der Waals surface area contributed by atoms with Gasteiger partial charge in [-0.1, -0.05) is 43.1 Å². The van der Waals surface area contributed by atoms with E-state index in [2.05, 4.69) is 50.5 Å². The molecule has 2 aliphatic carbocycles. The molecule has 2 aromatic heterocycles. The molecule has 3 atom stereocenters. The standard InChI is InChI=1S/C31H36Cl2FN7O4/c1-29(2)10-12-30(13-11-29)31(19-7-8-20(32)37-25(19)38-28(31)43)21(18-9-14-35-24(33)22(18)34)23(39-30)26(42)36-17-5-3-16(4-6-17)27-40-41-45-15-44-27/h7-9,14,16-17,21,23,39,41H,3-6,10-13,15H2,1-2H3,(H,36,42)(H,37,38,43)/t16?,17?,21-,23+,31+/m0/s1. The van der Waals surface area contributed by atoms with Crippen molar-refractivity contribution in [3.8, 4) is 0 Å². The Labute approximate surface area is 270 Å². The quantitative estimate of drug-likeness (QED) is 0.347. The van der Waals surface area contributed by atoms with Crippen LogP contribution < -0.4 is 21.5 Å². The summed E-state index contributed by atoms with van der Waals surface area (Å²) in [6.07, 6.45) is 7.19. The van der Waals surface area contributed by atoms with Crippen LogP contribution in [0.15, 0.2) is 29.5 Å². The van der Waals surface area contributed by atoms with Gasteiger partial charge in [-0.2, -0.15) is 5.59 Å². The minimum Gasteiger partial charge on any atom is -0.450 e. The molecule has 0 bridgehead atoms. The first-order valence-electron chi connectivity index (χ1n) is 15.5. The lowest BCUT2D eigenvalue weighted by Gasteiger charge is -2.50. The number of aromatic nitrogens is 2. The molecule has 45 heavy (non-hydrogen) atoms. The number of anilines is 1. The van der Waals surface area contributed by atoms with Gasteiger partial charge in [-0.25, -0.2) is 19.2 Å². The number of hydrazone groups is 1. The van der Waals surface area contributed by atoms with Crippen molar-refractivity contribution in [3.05, 3.63) is 51.6 Å². The molecule has 0 aromatic carbocycles. The summed E-state index contributed by atoms with van der Waals surface area (Å²) in [5, 5.41) is 13.9. The second-order valence-corrected chi connectivity index (χ2v) is 14.4. The van der Waals surface area contributed by atoms with Crippen LogP contribution in [0.25, 0.3) is 0 Å². The summed E-state index contributed by atoms with van der Waals surface area (Å²) >= 11 is 12.5. The summed E-state index contributed by atoms with van der Waals surface area (Å²) < 4.78 is 21.6. The van der Waals surface area contributed by atoms with Gasteiger partial charge in [-0.15, -0.1) is 5.10 Å². The lowest BCUT2D eigenvalue weighted by Crippen LogP contribution is -2.61. The number of hydrogen-bond acceptors (Lipinski definition) is 9. The van der Waals surface area contributed by atoms with Crippen molar-refractivity contribution >= 4 is 46.7 Å². The molecule has 14 heteroatoms. The SMILES string of the molecule is CC1(C)CCC2(CC1)N[C@@H](C(=O)NC1CCC(C3=NNOCO3)CC1)[C@H](c1ccnc(Cl)c1F)[C@]21C(=O)Nc2nc(Cl)ccc21. The lowest BCUT2D eigenvalue weighted by molar-refractivity contribution is -0.125. The van der Waals surface area contributed by atoms with E-state index in [-0.39, 0.29) is 51.9 Å². The van der Waals surface area contributed by atoms with Gasteiger partial charge in [0, 0.05) is 35.2 Å². The molecule has 3 fully saturated rings. The number of hydrogen-bond donors (Lipinski definition) is 4. The van der Waals surface area contributed by atoms with Crippen molar-refractivity contribution in [1.82, 2.24) is 26.2 Å². The Bertz CT molecular complexity index is 1560. The maximum atomic E-state index is 16.1. The number of halogens is 3. The first-order valence-corrected chi connectivity index (χ1v) is 16.2. The average Bonchev–Trinajstić information content (AvgIpc) is 3.49. The zero-order chi connectivity index (χ0) is 31.6. The van der Waals surface area contributed by atoms with Crippen molar-refractivity contribution in [3.63, 3.8) is 0 Å². The lowest BCUT2D eigenvalue weighted by atomic mass is 9.53. The Kier molecular flexibility index (Phi) is 7.70. The van der Waals surface area contributed by atoms with E-state index < -0.39 is 28.7 Å². The van der Waals surface area contributed by atoms with Crippen LogP contribution in [0.4, 0.5) is 10.2 Å². The predicted octanol–water partition coefficient (Wildman–Crippen LogP) is 4.70. The topological polar surface area (TPSA) is 139 Å². The first-order chi connectivity index (χ1) is 21.5. The van der Waals surface area contributed by atoms with Crippen molar-refractivity contribution in [1.29, 1.82) is 0 Å². The van der Waals surface area contributed by atoms with E-state index in [1.165, 1.54) is 12.3 Å². The van der Waals surface area contributed by atoms with E-state index in [0.717, 1.165) is 25.7 Å². The van der Waals surface area contributed by atoms with E-state index >= 15 is 4.39 Å². The zero-order valence-electron chi connectivity index (χ0n) is 25.1. The third-order valence-corrected chi connectivity index (χ3v) is 11.2. The molecule has 0 unspecified atom stereocenters. The highest BCUT2D eigenvalue weighted by atomic mass is 35.5. The molecule has 2 saturated carbocycles. The molecular weight excluding hydrogens is 624 g/mol. The van der Waals surface area contributed by atoms with Crippen molar-refractivity contribution in [2.24, 2.45) is 16.4 Å². The van der Waals surface area contributed by atoms with E-state index in [9.17, 15) is 9.59 Å². The van der Waals surface area contributed by atoms with E-state index in [4.69, 9.17) is 32.8 Å². The van der Waals surface area contributed by atoms with Gasteiger partial charge in [0.25, 0.3) is 0 Å². The summed E-state index contributed by atoms with van der Waals surface area (Å²) in [6.45, 7) is 4.51. The summed E-state index contributed by atoms with van der Waals surface area (Å²) in [4.78, 5) is 42.3. The van der Waals surface area contributed by atoms with Crippen LogP contribution >= 0.6 is 23.2 Å². The molecule has 2 aromatic rings. The molecule has 2 spiro atoms. The maximum Gasteiger partial charge on any atom is 0.238 e. The van der Waals surface area contributed by atoms with Gasteiger partial charge in [-0.05, 0) is 74.5 Å². The number of pyridine rings is 2. The van der Waals surface area contributed by atoms with Gasteiger partial charge in [-0.3, -0.25) is 14.9 Å². The van der Waals surface area contributed by atoms with Crippen molar-refractivity contribution < 1.29 is 23.6 Å². The Hall–Kier alpha value is -3.06. The van der Waals surface area contributed by atoms with Crippen LogP contribution in [0, 0.1) is 17.2 Å². The molecule has 2 amide bonds. The fraction of sp³-hybridized carbons (Fsp3) is 0.581. The molecule has 1 saturated heterocycles. The number of nitrogens with zero attached hydrogens (tertiary/aromatic N) is 3. The number of ether oxygens (including phenoxy) is 1. The smallest absolute Gasteiger partial charge is 0.238 e. The molecule has 3 aliphatic heterocycles. The molecule has 4 N–H and O–H groups in total. The van der Waals surface area contributed by atoms with Gasteiger partial charge in [0.2, 0.25) is 24.5 Å². The maximum absolute atomic E-state index is 16.1. The van der Waals surface area contributed by atoms with E-state index in [1.54, 1.807) is 12.1 Å². The Morgan fingerprint density at radius 3 is 2.56 bits per heavy atom. The third-order valence-electron chi connectivity index (χ3n) is 10.7. The van der Waals surface area contributed by atoms with Gasteiger partial charge in [0.1, 0.15) is 16.4 Å². The van der Waals surface area contributed by atoms with Gasteiger partial charge < -0.3 is 15.4 Å². The summed E-state index contributed by atoms with van der Waals surface area (Å²) in [5.41, 5.74) is 1.07. The fourth-order valence-corrected chi connectivity index (χ4v) is 8.72. The van der Waals surface area contributed by atoms with Gasteiger partial charge >= 0.3 is 0 Å². The minimum atomic E-state index is -1.37. The number of fused-ring (bicyclic) bond motifs is 3. The molecular formula is C31H36Cl2FN7O4. The van der Waals surface area contributed by atoms with E-state index in [1.807, 2.05) is 0 Å². The number of rotatable bonds is 4. The molecule has 5 heterocycles. The fourth-order valence-electron chi connectivity index (χ4n) is 8.41. The van der Waals surface area contributed by atoms with Crippen LogP contribution in [-0.4, -0.2) is 52.1 Å². The van der Waals surface area contributed by atoms with Crippen LogP contribution in [0.2, 0.25) is 10.3 Å². The second kappa shape index (κ2) is 11.3. The third kappa shape index (κ3) is 4.95. The van der Waals surface area contributed by atoms with Crippen molar-refractivity contribution in [2.45, 2.75) is 94.2 Å². The van der Waals surface area contributed by atoms with E-state index in [0.29, 0.717) is 43.0 Å². The van der Waals surface area contributed by atoms with Crippen molar-refractivity contribution in [2.75, 3.05) is 12.1 Å². The number of carbonyl (C=O) groups is 2. The molecule has 7 rings (SSSR count). The van der Waals surface area contributed by atoms with Gasteiger partial charge in [0.15, 0.2) is 11.0 Å². The number of amides is 2. The highest BCUT2D eigenvalue weighted by Gasteiger charge is 2.73. The van der Waals surface area contributed by atoms with Gasteiger partial charge in [0.05, 0.1) is 6.04 Å². The van der Waals surface area contributed by atoms with Crippen LogP contribution in [0.1, 0.15) is 82.3 Å². The summed E-state index contributed by atoms with van der Waals surface area (Å²) in [6, 6.07) is 3.90.